The van der Waals surface area contributed by atoms with Gasteiger partial charge in [-0.2, -0.15) is 0 Å². The second kappa shape index (κ2) is 9.34. The minimum Gasteiger partial charge on any atom is -0.496 e. The molecule has 0 bridgehead atoms. The molecule has 3 aromatic rings. The fraction of sp³-hybridized carbons (Fsp3) is 0.143. The van der Waals surface area contributed by atoms with Crippen LogP contribution in [0.4, 0.5) is 17.6 Å². The number of aromatic nitrogens is 1. The molecule has 1 heterocycles. The van der Waals surface area contributed by atoms with E-state index in [4.69, 9.17) is 4.74 Å². The Morgan fingerprint density at radius 3 is 2.61 bits per heavy atom. The van der Waals surface area contributed by atoms with Crippen molar-refractivity contribution in [2.45, 2.75) is 12.9 Å². The molecular weight excluding hydrogens is 484 g/mol. The van der Waals surface area contributed by atoms with Gasteiger partial charge in [-0.25, -0.2) is 4.39 Å². The number of hydrogen-bond donors (Lipinski definition) is 1. The summed E-state index contributed by atoms with van der Waals surface area (Å²) in [7, 11) is 1.41. The van der Waals surface area contributed by atoms with E-state index in [1.54, 1.807) is 18.3 Å². The first-order valence-corrected chi connectivity index (χ1v) is 9.57. The molecule has 0 atom stereocenters. The normalized spacial score (nSPS) is 11.2. The van der Waals surface area contributed by atoms with Gasteiger partial charge in [0.05, 0.1) is 7.11 Å². The minimum absolute atomic E-state index is 0.0184. The van der Waals surface area contributed by atoms with Gasteiger partial charge in [-0.05, 0) is 47.5 Å². The molecule has 0 radical (unpaired) electrons. The van der Waals surface area contributed by atoms with Crippen LogP contribution in [0.1, 0.15) is 15.9 Å². The van der Waals surface area contributed by atoms with E-state index in [9.17, 15) is 22.4 Å². The Morgan fingerprint density at radius 1 is 1.13 bits per heavy atom. The molecule has 0 spiro atoms. The van der Waals surface area contributed by atoms with E-state index in [1.807, 2.05) is 0 Å². The highest BCUT2D eigenvalue weighted by Gasteiger charge is 2.31. The number of hydrogen-bond acceptors (Lipinski definition) is 4. The summed E-state index contributed by atoms with van der Waals surface area (Å²) in [6, 6.07) is 9.21. The molecule has 0 saturated heterocycles. The average molecular weight is 499 g/mol. The third-order valence-electron chi connectivity index (χ3n) is 4.16. The fourth-order valence-corrected chi connectivity index (χ4v) is 3.35. The van der Waals surface area contributed by atoms with Gasteiger partial charge in [0.15, 0.2) is 0 Å². The zero-order chi connectivity index (χ0) is 22.6. The SMILES string of the molecule is COc1cc(F)ccc1-c1ccncc1CNC(=O)c1cc(Br)cc(OC(F)(F)F)c1. The van der Waals surface area contributed by atoms with Crippen molar-refractivity contribution in [2.75, 3.05) is 7.11 Å². The van der Waals surface area contributed by atoms with Gasteiger partial charge in [0.1, 0.15) is 17.3 Å². The first kappa shape index (κ1) is 22.5. The van der Waals surface area contributed by atoms with E-state index in [1.165, 1.54) is 31.5 Å². The highest BCUT2D eigenvalue weighted by Crippen LogP contribution is 2.33. The summed E-state index contributed by atoms with van der Waals surface area (Å²) in [5.74, 6) is -1.30. The van der Waals surface area contributed by atoms with Crippen molar-refractivity contribution in [2.24, 2.45) is 0 Å². The Bertz CT molecular complexity index is 1110. The topological polar surface area (TPSA) is 60.5 Å². The molecule has 1 amide bonds. The molecule has 3 rings (SSSR count). The number of halogens is 5. The van der Waals surface area contributed by atoms with Crippen LogP contribution >= 0.6 is 15.9 Å². The molecule has 1 N–H and O–H groups in total. The van der Waals surface area contributed by atoms with Crippen LogP contribution in [0.25, 0.3) is 11.1 Å². The van der Waals surface area contributed by atoms with E-state index in [-0.39, 0.29) is 16.6 Å². The summed E-state index contributed by atoms with van der Waals surface area (Å²) >= 11 is 3.07. The standard InChI is InChI=1S/C21H15BrF4N2O3/c1-30-19-9-15(23)2-3-18(19)17-4-5-27-10-13(17)11-28-20(29)12-6-14(22)8-16(7-12)31-21(24,25)26/h2-10H,11H2,1H3,(H,28,29). The van der Waals surface area contributed by atoms with Crippen LogP contribution in [0.3, 0.4) is 0 Å². The second-order valence-electron chi connectivity index (χ2n) is 6.28. The van der Waals surface area contributed by atoms with Crippen LogP contribution in [0.5, 0.6) is 11.5 Å². The van der Waals surface area contributed by atoms with Crippen LogP contribution in [-0.2, 0) is 6.54 Å². The van der Waals surface area contributed by atoms with Crippen LogP contribution < -0.4 is 14.8 Å². The van der Waals surface area contributed by atoms with E-state index < -0.39 is 23.8 Å². The molecule has 0 unspecified atom stereocenters. The lowest BCUT2D eigenvalue weighted by Crippen LogP contribution is -2.24. The monoisotopic (exact) mass is 498 g/mol. The van der Waals surface area contributed by atoms with E-state index in [0.717, 1.165) is 12.1 Å². The van der Waals surface area contributed by atoms with Gasteiger partial charge in [-0.15, -0.1) is 13.2 Å². The van der Waals surface area contributed by atoms with Crippen molar-refractivity contribution in [3.05, 3.63) is 76.3 Å². The minimum atomic E-state index is -4.88. The summed E-state index contributed by atoms with van der Waals surface area (Å²) in [6.45, 7) is 0.0184. The largest absolute Gasteiger partial charge is 0.573 e. The highest BCUT2D eigenvalue weighted by molar-refractivity contribution is 9.10. The Labute approximate surface area is 183 Å². The lowest BCUT2D eigenvalue weighted by Gasteiger charge is -2.14. The quantitative estimate of drug-likeness (QED) is 0.456. The molecule has 0 saturated carbocycles. The average Bonchev–Trinajstić information content (AvgIpc) is 2.70. The van der Waals surface area contributed by atoms with Gasteiger partial charge in [-0.3, -0.25) is 9.78 Å². The van der Waals surface area contributed by atoms with Crippen molar-refractivity contribution >= 4 is 21.8 Å². The Morgan fingerprint density at radius 2 is 1.90 bits per heavy atom. The van der Waals surface area contributed by atoms with Crippen molar-refractivity contribution in [3.8, 4) is 22.6 Å². The predicted octanol–water partition coefficient (Wildman–Crippen LogP) is 5.49. The molecule has 10 heteroatoms. The number of benzene rings is 2. The number of nitrogens with zero attached hydrogens (tertiary/aromatic N) is 1. The number of carbonyl (C=O) groups is 1. The Kier molecular flexibility index (Phi) is 6.79. The molecule has 162 valence electrons. The number of amides is 1. The molecule has 1 aromatic heterocycles. The second-order valence-corrected chi connectivity index (χ2v) is 7.20. The Hall–Kier alpha value is -3.14. The lowest BCUT2D eigenvalue weighted by molar-refractivity contribution is -0.274. The van der Waals surface area contributed by atoms with Crippen LogP contribution in [0.15, 0.2) is 59.3 Å². The first-order chi connectivity index (χ1) is 14.7. The van der Waals surface area contributed by atoms with Crippen molar-refractivity contribution in [1.82, 2.24) is 10.3 Å². The van der Waals surface area contributed by atoms with Gasteiger partial charge in [0, 0.05) is 40.6 Å². The van der Waals surface area contributed by atoms with Gasteiger partial charge in [-0.1, -0.05) is 15.9 Å². The van der Waals surface area contributed by atoms with E-state index in [2.05, 4.69) is 31.0 Å². The zero-order valence-electron chi connectivity index (χ0n) is 16.0. The Balaban J connectivity index is 1.82. The van der Waals surface area contributed by atoms with E-state index in [0.29, 0.717) is 22.4 Å². The number of rotatable bonds is 6. The summed E-state index contributed by atoms with van der Waals surface area (Å²) in [5, 5.41) is 2.64. The maximum atomic E-state index is 13.5. The molecule has 5 nitrogen and oxygen atoms in total. The number of methoxy groups -OCH3 is 1. The summed E-state index contributed by atoms with van der Waals surface area (Å²) in [5.41, 5.74) is 1.82. The summed E-state index contributed by atoms with van der Waals surface area (Å²) in [4.78, 5) is 16.6. The highest BCUT2D eigenvalue weighted by atomic mass is 79.9. The fourth-order valence-electron chi connectivity index (χ4n) is 2.88. The van der Waals surface area contributed by atoms with Gasteiger partial charge >= 0.3 is 6.36 Å². The van der Waals surface area contributed by atoms with Gasteiger partial charge in [0.25, 0.3) is 5.91 Å². The molecule has 0 aliphatic heterocycles. The molecular formula is C21H15BrF4N2O3. The summed E-state index contributed by atoms with van der Waals surface area (Å²) < 4.78 is 60.4. The maximum absolute atomic E-state index is 13.5. The maximum Gasteiger partial charge on any atom is 0.573 e. The molecule has 2 aromatic carbocycles. The third-order valence-corrected chi connectivity index (χ3v) is 4.62. The zero-order valence-corrected chi connectivity index (χ0v) is 17.6. The van der Waals surface area contributed by atoms with E-state index >= 15 is 0 Å². The smallest absolute Gasteiger partial charge is 0.496 e. The van der Waals surface area contributed by atoms with Crippen LogP contribution in [-0.4, -0.2) is 24.4 Å². The molecule has 0 fully saturated rings. The predicted molar refractivity (Wildman–Crippen MR) is 108 cm³/mol. The number of ether oxygens (including phenoxy) is 2. The third kappa shape index (κ3) is 5.94. The molecule has 0 aliphatic carbocycles. The molecule has 0 aliphatic rings. The number of nitrogens with one attached hydrogen (secondary N) is 1. The van der Waals surface area contributed by atoms with Crippen LogP contribution in [0.2, 0.25) is 0 Å². The number of alkyl halides is 3. The number of carbonyl (C=O) groups excluding carboxylic acids is 1. The first-order valence-electron chi connectivity index (χ1n) is 8.77. The number of pyridine rings is 1. The van der Waals surface area contributed by atoms with Crippen molar-refractivity contribution in [3.63, 3.8) is 0 Å². The van der Waals surface area contributed by atoms with Crippen LogP contribution in [0, 0.1) is 5.82 Å². The van der Waals surface area contributed by atoms with Crippen molar-refractivity contribution in [1.29, 1.82) is 0 Å². The van der Waals surface area contributed by atoms with Gasteiger partial charge < -0.3 is 14.8 Å². The lowest BCUT2D eigenvalue weighted by atomic mass is 10.0. The summed E-state index contributed by atoms with van der Waals surface area (Å²) in [6.07, 6.45) is -1.82. The van der Waals surface area contributed by atoms with Crippen molar-refractivity contribution < 1.29 is 31.8 Å². The molecule has 31 heavy (non-hydrogen) atoms. The van der Waals surface area contributed by atoms with Gasteiger partial charge in [0.2, 0.25) is 0 Å².